The number of piperazine rings is 1. The Morgan fingerprint density at radius 1 is 1.27 bits per heavy atom. The zero-order valence-corrected chi connectivity index (χ0v) is 18.2. The van der Waals surface area contributed by atoms with Gasteiger partial charge in [-0.25, -0.2) is 9.97 Å². The molecule has 0 spiro atoms. The summed E-state index contributed by atoms with van der Waals surface area (Å²) in [6.45, 7) is 6.46. The third-order valence-electron chi connectivity index (χ3n) is 5.13. The number of rotatable bonds is 4. The minimum Gasteiger partial charge on any atom is -0.354 e. The molecule has 0 aromatic carbocycles. The van der Waals surface area contributed by atoms with Gasteiger partial charge in [-0.3, -0.25) is 5.10 Å². The molecule has 0 unspecified atom stereocenters. The molecular formula is C20H22BrF3N6. The number of aromatic amines is 1. The van der Waals surface area contributed by atoms with E-state index in [0.717, 1.165) is 19.0 Å². The van der Waals surface area contributed by atoms with E-state index in [4.69, 9.17) is 0 Å². The molecule has 3 aromatic rings. The van der Waals surface area contributed by atoms with Crippen LogP contribution in [0, 0.1) is 5.92 Å². The Labute approximate surface area is 180 Å². The van der Waals surface area contributed by atoms with Crippen LogP contribution in [0.25, 0.3) is 22.4 Å². The van der Waals surface area contributed by atoms with Crippen LogP contribution in [-0.2, 0) is 6.18 Å². The average molecular weight is 483 g/mol. The van der Waals surface area contributed by atoms with Crippen molar-refractivity contribution in [3.63, 3.8) is 0 Å². The molecule has 0 amide bonds. The number of halogens is 4. The molecule has 0 radical (unpaired) electrons. The van der Waals surface area contributed by atoms with Gasteiger partial charge in [0.15, 0.2) is 5.65 Å². The summed E-state index contributed by atoms with van der Waals surface area (Å²) < 4.78 is 42.0. The number of H-pyrrole nitrogens is 1. The van der Waals surface area contributed by atoms with Crippen LogP contribution in [0.15, 0.2) is 28.9 Å². The molecule has 3 aromatic heterocycles. The van der Waals surface area contributed by atoms with Crippen molar-refractivity contribution in [2.45, 2.75) is 32.5 Å². The predicted octanol–water partition coefficient (Wildman–Crippen LogP) is 4.63. The Morgan fingerprint density at radius 3 is 2.80 bits per heavy atom. The third kappa shape index (κ3) is 4.29. The SMILES string of the molecule is CC(C)C[C@H]1CN(c2ccc(C(F)(F)F)c(-c3n[nH]c4ncc(Br)cc34)n2)CCN1. The highest BCUT2D eigenvalue weighted by atomic mass is 79.9. The number of aromatic nitrogens is 4. The molecule has 160 valence electrons. The summed E-state index contributed by atoms with van der Waals surface area (Å²) in [4.78, 5) is 10.7. The monoisotopic (exact) mass is 482 g/mol. The van der Waals surface area contributed by atoms with Gasteiger partial charge in [0.1, 0.15) is 17.2 Å². The van der Waals surface area contributed by atoms with Gasteiger partial charge in [0.25, 0.3) is 0 Å². The summed E-state index contributed by atoms with van der Waals surface area (Å²) in [7, 11) is 0. The third-order valence-corrected chi connectivity index (χ3v) is 5.56. The zero-order chi connectivity index (χ0) is 21.5. The first kappa shape index (κ1) is 21.0. The van der Waals surface area contributed by atoms with Crippen LogP contribution in [-0.4, -0.2) is 45.8 Å². The van der Waals surface area contributed by atoms with Crippen molar-refractivity contribution in [2.75, 3.05) is 24.5 Å². The number of anilines is 1. The highest BCUT2D eigenvalue weighted by Gasteiger charge is 2.36. The quantitative estimate of drug-likeness (QED) is 0.567. The molecule has 10 heteroatoms. The molecule has 1 aliphatic heterocycles. The number of nitrogens with zero attached hydrogens (tertiary/aromatic N) is 4. The number of hydrogen-bond acceptors (Lipinski definition) is 5. The van der Waals surface area contributed by atoms with Crippen LogP contribution in [0.5, 0.6) is 0 Å². The van der Waals surface area contributed by atoms with Crippen molar-refractivity contribution in [1.82, 2.24) is 25.5 Å². The fourth-order valence-corrected chi connectivity index (χ4v) is 4.18. The van der Waals surface area contributed by atoms with Gasteiger partial charge < -0.3 is 10.2 Å². The van der Waals surface area contributed by atoms with Crippen LogP contribution in [0.3, 0.4) is 0 Å². The molecule has 4 heterocycles. The number of alkyl halides is 3. The topological polar surface area (TPSA) is 69.7 Å². The summed E-state index contributed by atoms with van der Waals surface area (Å²) >= 11 is 3.32. The molecule has 2 N–H and O–H groups in total. The van der Waals surface area contributed by atoms with Gasteiger partial charge in [-0.15, -0.1) is 0 Å². The Bertz CT molecular complexity index is 1050. The maximum absolute atomic E-state index is 13.8. The first-order valence-electron chi connectivity index (χ1n) is 9.79. The van der Waals surface area contributed by atoms with Crippen LogP contribution in [0.1, 0.15) is 25.8 Å². The number of pyridine rings is 2. The molecule has 0 saturated carbocycles. The van der Waals surface area contributed by atoms with Crippen LogP contribution in [0.4, 0.5) is 19.0 Å². The van der Waals surface area contributed by atoms with Gasteiger partial charge in [-0.05, 0) is 46.5 Å². The van der Waals surface area contributed by atoms with Crippen molar-refractivity contribution >= 4 is 32.8 Å². The minimum absolute atomic E-state index is 0.141. The Morgan fingerprint density at radius 2 is 2.07 bits per heavy atom. The molecule has 1 fully saturated rings. The fraction of sp³-hybridized carbons (Fsp3) is 0.450. The molecule has 0 aliphatic carbocycles. The summed E-state index contributed by atoms with van der Waals surface area (Å²) in [5.74, 6) is 1.05. The second kappa shape index (κ2) is 8.14. The summed E-state index contributed by atoms with van der Waals surface area (Å²) in [5, 5.41) is 10.8. The van der Waals surface area contributed by atoms with Gasteiger partial charge in [0, 0.05) is 41.7 Å². The van der Waals surface area contributed by atoms with Crippen molar-refractivity contribution in [2.24, 2.45) is 5.92 Å². The summed E-state index contributed by atoms with van der Waals surface area (Å²) in [6, 6.07) is 4.52. The minimum atomic E-state index is -4.55. The molecule has 4 rings (SSSR count). The lowest BCUT2D eigenvalue weighted by Gasteiger charge is -2.35. The van der Waals surface area contributed by atoms with E-state index in [1.807, 2.05) is 4.90 Å². The standard InChI is InChI=1S/C20H22BrF3N6/c1-11(2)7-13-10-30(6-5-25-13)16-4-3-15(20(22,23)24)18(27-16)17-14-8-12(21)9-26-19(14)29-28-17/h3-4,8-9,11,13,25H,5-7,10H2,1-2H3,(H,26,28,29)/t13-/m0/s1. The highest BCUT2D eigenvalue weighted by molar-refractivity contribution is 9.10. The molecule has 1 atom stereocenters. The maximum Gasteiger partial charge on any atom is 0.418 e. The number of nitrogens with one attached hydrogen (secondary N) is 2. The number of fused-ring (bicyclic) bond motifs is 1. The molecule has 0 bridgehead atoms. The molecular weight excluding hydrogens is 461 g/mol. The first-order valence-corrected chi connectivity index (χ1v) is 10.6. The molecule has 30 heavy (non-hydrogen) atoms. The van der Waals surface area contributed by atoms with E-state index in [1.165, 1.54) is 6.07 Å². The predicted molar refractivity (Wildman–Crippen MR) is 113 cm³/mol. The lowest BCUT2D eigenvalue weighted by atomic mass is 10.0. The lowest BCUT2D eigenvalue weighted by molar-refractivity contribution is -0.137. The Balaban J connectivity index is 1.78. The van der Waals surface area contributed by atoms with Crippen LogP contribution in [0.2, 0.25) is 0 Å². The zero-order valence-electron chi connectivity index (χ0n) is 16.6. The molecule has 6 nitrogen and oxygen atoms in total. The van der Waals surface area contributed by atoms with E-state index in [1.54, 1.807) is 12.3 Å². The largest absolute Gasteiger partial charge is 0.418 e. The van der Waals surface area contributed by atoms with E-state index in [0.29, 0.717) is 40.3 Å². The van der Waals surface area contributed by atoms with E-state index in [-0.39, 0.29) is 17.4 Å². The second-order valence-electron chi connectivity index (χ2n) is 7.91. The van der Waals surface area contributed by atoms with Crippen LogP contribution < -0.4 is 10.2 Å². The first-order chi connectivity index (χ1) is 14.2. The lowest BCUT2D eigenvalue weighted by Crippen LogP contribution is -2.51. The van der Waals surface area contributed by atoms with Crippen molar-refractivity contribution in [3.8, 4) is 11.4 Å². The summed E-state index contributed by atoms with van der Waals surface area (Å²) in [5.41, 5.74) is -0.451. The van der Waals surface area contributed by atoms with Crippen molar-refractivity contribution in [3.05, 3.63) is 34.4 Å². The van der Waals surface area contributed by atoms with Crippen molar-refractivity contribution < 1.29 is 13.2 Å². The average Bonchev–Trinajstić information content (AvgIpc) is 3.09. The Hall–Kier alpha value is -2.20. The van der Waals surface area contributed by atoms with E-state index in [2.05, 4.69) is 55.3 Å². The van der Waals surface area contributed by atoms with Gasteiger partial charge >= 0.3 is 6.18 Å². The normalized spacial score (nSPS) is 17.8. The Kier molecular flexibility index (Phi) is 5.71. The van der Waals surface area contributed by atoms with E-state index >= 15 is 0 Å². The van der Waals surface area contributed by atoms with E-state index < -0.39 is 11.7 Å². The highest BCUT2D eigenvalue weighted by Crippen LogP contribution is 2.39. The number of hydrogen-bond donors (Lipinski definition) is 2. The fourth-order valence-electron chi connectivity index (χ4n) is 3.85. The van der Waals surface area contributed by atoms with Gasteiger partial charge in [-0.2, -0.15) is 18.3 Å². The van der Waals surface area contributed by atoms with Gasteiger partial charge in [0.05, 0.1) is 5.56 Å². The van der Waals surface area contributed by atoms with Gasteiger partial charge in [0.2, 0.25) is 0 Å². The van der Waals surface area contributed by atoms with Gasteiger partial charge in [-0.1, -0.05) is 13.8 Å². The van der Waals surface area contributed by atoms with Crippen LogP contribution >= 0.6 is 15.9 Å². The molecule has 1 aliphatic rings. The second-order valence-corrected chi connectivity index (χ2v) is 8.83. The maximum atomic E-state index is 13.8. The van der Waals surface area contributed by atoms with E-state index in [9.17, 15) is 13.2 Å². The van der Waals surface area contributed by atoms with Crippen molar-refractivity contribution in [1.29, 1.82) is 0 Å². The molecule has 1 saturated heterocycles. The summed E-state index contributed by atoms with van der Waals surface area (Å²) in [6.07, 6.45) is -1.99. The smallest absolute Gasteiger partial charge is 0.354 e.